The first kappa shape index (κ1) is 14.7. The number of hydrogen-bond donors (Lipinski definition) is 2. The van der Waals surface area contributed by atoms with Gasteiger partial charge in [-0.3, -0.25) is 4.79 Å². The monoisotopic (exact) mass is 250 g/mol. The molecule has 100 valence electrons. The fraction of sp³-hybridized carbons (Fsp3) is 0.500. The number of nitrogens with one attached hydrogen (secondary N) is 1. The third kappa shape index (κ3) is 5.29. The molecule has 4 nitrogen and oxygen atoms in total. The molecule has 0 bridgehead atoms. The van der Waals surface area contributed by atoms with E-state index in [9.17, 15) is 4.79 Å². The number of anilines is 1. The number of ether oxygens (including phenoxy) is 1. The molecule has 3 N–H and O–H groups in total. The van der Waals surface area contributed by atoms with Gasteiger partial charge in [0.25, 0.3) is 0 Å². The summed E-state index contributed by atoms with van der Waals surface area (Å²) in [6.45, 7) is 5.72. The Bertz CT molecular complexity index is 378. The topological polar surface area (TPSA) is 64.3 Å². The Morgan fingerprint density at radius 2 is 2.11 bits per heavy atom. The van der Waals surface area contributed by atoms with Gasteiger partial charge in [0, 0.05) is 18.8 Å². The van der Waals surface area contributed by atoms with Crippen molar-refractivity contribution in [3.8, 4) is 0 Å². The van der Waals surface area contributed by atoms with Crippen LogP contribution in [0.5, 0.6) is 0 Å². The summed E-state index contributed by atoms with van der Waals surface area (Å²) in [5.74, 6) is 0.450. The molecule has 0 spiro atoms. The number of nitrogens with two attached hydrogens (primary N) is 1. The maximum atomic E-state index is 11.7. The first-order valence-corrected chi connectivity index (χ1v) is 6.29. The van der Waals surface area contributed by atoms with Gasteiger partial charge in [-0.15, -0.1) is 0 Å². The largest absolute Gasteiger partial charge is 0.381 e. The zero-order chi connectivity index (χ0) is 13.4. The van der Waals surface area contributed by atoms with E-state index < -0.39 is 0 Å². The normalized spacial score (nSPS) is 10.7. The van der Waals surface area contributed by atoms with Gasteiger partial charge >= 0.3 is 0 Å². The predicted molar refractivity (Wildman–Crippen MR) is 73.2 cm³/mol. The molecule has 4 heteroatoms. The minimum atomic E-state index is -0.0420. The highest BCUT2D eigenvalue weighted by molar-refractivity contribution is 5.91. The highest BCUT2D eigenvalue weighted by Crippen LogP contribution is 2.14. The number of hydrogen-bond acceptors (Lipinski definition) is 3. The minimum Gasteiger partial charge on any atom is -0.381 e. The lowest BCUT2D eigenvalue weighted by molar-refractivity contribution is -0.117. The predicted octanol–water partition coefficient (Wildman–Crippen LogP) is 2.15. The Hall–Kier alpha value is -1.39. The second-order valence-electron chi connectivity index (χ2n) is 4.63. The van der Waals surface area contributed by atoms with Gasteiger partial charge in [0.05, 0.1) is 13.0 Å². The average Bonchev–Trinajstić information content (AvgIpc) is 2.35. The summed E-state index contributed by atoms with van der Waals surface area (Å²) in [6, 6.07) is 7.55. The van der Waals surface area contributed by atoms with Crippen LogP contribution < -0.4 is 11.1 Å². The molecule has 0 unspecified atom stereocenters. The molecular weight excluding hydrogens is 228 g/mol. The SMILES string of the molecule is CC(C)COCCC(=O)Nc1ccccc1CN. The van der Waals surface area contributed by atoms with Crippen molar-refractivity contribution in [2.45, 2.75) is 26.8 Å². The van der Waals surface area contributed by atoms with E-state index >= 15 is 0 Å². The van der Waals surface area contributed by atoms with E-state index in [1.165, 1.54) is 0 Å². The first-order valence-electron chi connectivity index (χ1n) is 6.29. The van der Waals surface area contributed by atoms with Gasteiger partial charge in [-0.25, -0.2) is 0 Å². The molecule has 0 saturated heterocycles. The average molecular weight is 250 g/mol. The standard InChI is InChI=1S/C14H22N2O2/c1-11(2)10-18-8-7-14(17)16-13-6-4-3-5-12(13)9-15/h3-6,11H,7-10,15H2,1-2H3,(H,16,17). The van der Waals surface area contributed by atoms with Gasteiger partial charge in [-0.1, -0.05) is 32.0 Å². The minimum absolute atomic E-state index is 0.0420. The van der Waals surface area contributed by atoms with Crippen LogP contribution in [0.3, 0.4) is 0 Å². The molecular formula is C14H22N2O2. The third-order valence-corrected chi connectivity index (χ3v) is 2.44. The number of carbonyl (C=O) groups is 1. The highest BCUT2D eigenvalue weighted by atomic mass is 16.5. The molecule has 18 heavy (non-hydrogen) atoms. The van der Waals surface area contributed by atoms with E-state index in [1.54, 1.807) is 0 Å². The van der Waals surface area contributed by atoms with Gasteiger partial charge in [-0.05, 0) is 17.5 Å². The Morgan fingerprint density at radius 3 is 2.78 bits per heavy atom. The fourth-order valence-corrected chi connectivity index (χ4v) is 1.52. The Labute approximate surface area is 109 Å². The summed E-state index contributed by atoms with van der Waals surface area (Å²) < 4.78 is 5.37. The molecule has 0 radical (unpaired) electrons. The van der Waals surface area contributed by atoms with Crippen LogP contribution in [-0.2, 0) is 16.1 Å². The van der Waals surface area contributed by atoms with Crippen LogP contribution in [0.25, 0.3) is 0 Å². The molecule has 0 saturated carbocycles. The van der Waals surface area contributed by atoms with Crippen LogP contribution >= 0.6 is 0 Å². The summed E-state index contributed by atoms with van der Waals surface area (Å²) in [6.07, 6.45) is 0.367. The van der Waals surface area contributed by atoms with Crippen molar-refractivity contribution in [1.29, 1.82) is 0 Å². The lowest BCUT2D eigenvalue weighted by atomic mass is 10.2. The molecule has 0 atom stereocenters. The number of benzene rings is 1. The zero-order valence-electron chi connectivity index (χ0n) is 11.1. The van der Waals surface area contributed by atoms with E-state index in [4.69, 9.17) is 10.5 Å². The summed E-state index contributed by atoms with van der Waals surface area (Å²) in [7, 11) is 0. The van der Waals surface area contributed by atoms with Crippen molar-refractivity contribution in [2.24, 2.45) is 11.7 Å². The van der Waals surface area contributed by atoms with Crippen LogP contribution in [0.4, 0.5) is 5.69 Å². The second-order valence-corrected chi connectivity index (χ2v) is 4.63. The first-order chi connectivity index (χ1) is 8.63. The molecule has 1 aromatic rings. The summed E-state index contributed by atoms with van der Waals surface area (Å²) >= 11 is 0. The van der Waals surface area contributed by atoms with Crippen LogP contribution in [0.15, 0.2) is 24.3 Å². The van der Waals surface area contributed by atoms with Crippen molar-refractivity contribution in [2.75, 3.05) is 18.5 Å². The van der Waals surface area contributed by atoms with Crippen molar-refractivity contribution in [3.63, 3.8) is 0 Å². The van der Waals surface area contributed by atoms with Crippen molar-refractivity contribution in [3.05, 3.63) is 29.8 Å². The fourth-order valence-electron chi connectivity index (χ4n) is 1.52. The van der Waals surface area contributed by atoms with Crippen LogP contribution in [0.2, 0.25) is 0 Å². The van der Waals surface area contributed by atoms with E-state index in [0.717, 1.165) is 11.3 Å². The Kier molecular flexibility index (Phi) is 6.39. The van der Waals surface area contributed by atoms with E-state index in [1.807, 2.05) is 24.3 Å². The number of carbonyl (C=O) groups excluding carboxylic acids is 1. The summed E-state index contributed by atoms with van der Waals surface area (Å²) in [4.78, 5) is 11.7. The maximum absolute atomic E-state index is 11.7. The molecule has 0 aliphatic carbocycles. The van der Waals surface area contributed by atoms with Gasteiger partial charge in [0.15, 0.2) is 0 Å². The van der Waals surface area contributed by atoms with Crippen LogP contribution in [0, 0.1) is 5.92 Å². The van der Waals surface area contributed by atoms with E-state index in [0.29, 0.717) is 32.1 Å². The van der Waals surface area contributed by atoms with E-state index in [-0.39, 0.29) is 5.91 Å². The third-order valence-electron chi connectivity index (χ3n) is 2.44. The zero-order valence-corrected chi connectivity index (χ0v) is 11.1. The molecule has 1 aromatic carbocycles. The molecule has 0 fully saturated rings. The quantitative estimate of drug-likeness (QED) is 0.729. The van der Waals surface area contributed by atoms with Crippen LogP contribution in [0.1, 0.15) is 25.8 Å². The Morgan fingerprint density at radius 1 is 1.39 bits per heavy atom. The smallest absolute Gasteiger partial charge is 0.226 e. The number of para-hydroxylation sites is 1. The number of rotatable bonds is 7. The van der Waals surface area contributed by atoms with E-state index in [2.05, 4.69) is 19.2 Å². The molecule has 0 aliphatic rings. The summed E-state index contributed by atoms with van der Waals surface area (Å²) in [5, 5.41) is 2.85. The Balaban J connectivity index is 2.35. The molecule has 1 amide bonds. The summed E-state index contributed by atoms with van der Waals surface area (Å²) in [5.41, 5.74) is 7.33. The highest BCUT2D eigenvalue weighted by Gasteiger charge is 2.05. The van der Waals surface area contributed by atoms with Gasteiger partial charge in [0.1, 0.15) is 0 Å². The lowest BCUT2D eigenvalue weighted by Crippen LogP contribution is -2.16. The maximum Gasteiger partial charge on any atom is 0.226 e. The van der Waals surface area contributed by atoms with Gasteiger partial charge in [-0.2, -0.15) is 0 Å². The second kappa shape index (κ2) is 7.84. The lowest BCUT2D eigenvalue weighted by Gasteiger charge is -2.10. The van der Waals surface area contributed by atoms with Crippen molar-refractivity contribution >= 4 is 11.6 Å². The molecule has 0 aromatic heterocycles. The number of amides is 1. The molecule has 1 rings (SSSR count). The molecule has 0 aliphatic heterocycles. The van der Waals surface area contributed by atoms with Gasteiger partial charge < -0.3 is 15.8 Å². The van der Waals surface area contributed by atoms with Crippen molar-refractivity contribution in [1.82, 2.24) is 0 Å². The molecule has 0 heterocycles. The van der Waals surface area contributed by atoms with Crippen LogP contribution in [-0.4, -0.2) is 19.1 Å². The van der Waals surface area contributed by atoms with Gasteiger partial charge in [0.2, 0.25) is 5.91 Å². The van der Waals surface area contributed by atoms with Crippen molar-refractivity contribution < 1.29 is 9.53 Å².